The van der Waals surface area contributed by atoms with Crippen molar-refractivity contribution >= 4 is 28.9 Å². The van der Waals surface area contributed by atoms with Gasteiger partial charge in [0.25, 0.3) is 0 Å². The van der Waals surface area contributed by atoms with Gasteiger partial charge in [-0.1, -0.05) is 59.1 Å². The largest absolute Gasteiger partial charge is 0.397 e. The molecule has 0 unspecified atom stereocenters. The maximum Gasteiger partial charge on any atom is 0.122 e. The monoisotopic (exact) mass is 369 g/mol. The van der Waals surface area contributed by atoms with Gasteiger partial charge >= 0.3 is 0 Å². The molecule has 0 amide bonds. The van der Waals surface area contributed by atoms with Crippen LogP contribution < -0.4 is 5.73 Å². The Morgan fingerprint density at radius 3 is 2.60 bits per heavy atom. The number of aryl methyl sites for hydroxylation is 1. The van der Waals surface area contributed by atoms with Gasteiger partial charge in [-0.2, -0.15) is 5.26 Å². The van der Waals surface area contributed by atoms with E-state index in [4.69, 9.17) is 28.9 Å². The highest BCUT2D eigenvalue weighted by molar-refractivity contribution is 6.35. The van der Waals surface area contributed by atoms with Crippen LogP contribution in [0.4, 0.5) is 5.69 Å². The number of halogens is 2. The molecule has 0 aliphatic carbocycles. The molecule has 1 aromatic heterocycles. The third-order valence-electron chi connectivity index (χ3n) is 4.15. The number of nitriles is 1. The molecule has 5 heteroatoms. The van der Waals surface area contributed by atoms with Gasteiger partial charge in [-0.25, -0.2) is 0 Å². The molecule has 1 heterocycles. The summed E-state index contributed by atoms with van der Waals surface area (Å²) in [7, 11) is 0. The topological polar surface area (TPSA) is 54.7 Å². The highest BCUT2D eigenvalue weighted by Gasteiger charge is 2.15. The Hall–Kier alpha value is -2.41. The second kappa shape index (κ2) is 7.23. The number of benzene rings is 2. The molecule has 0 atom stereocenters. The van der Waals surface area contributed by atoms with Crippen LogP contribution in [-0.4, -0.2) is 4.57 Å². The molecule has 3 rings (SSSR count). The van der Waals surface area contributed by atoms with Gasteiger partial charge < -0.3 is 10.3 Å². The van der Waals surface area contributed by atoms with Crippen molar-refractivity contribution in [2.75, 3.05) is 5.73 Å². The third kappa shape index (κ3) is 3.82. The van der Waals surface area contributed by atoms with Crippen molar-refractivity contribution in [2.24, 2.45) is 0 Å². The Balaban J connectivity index is 2.01. The van der Waals surface area contributed by atoms with E-state index in [0.717, 1.165) is 16.8 Å². The Bertz CT molecular complexity index is 968. The van der Waals surface area contributed by atoms with E-state index in [-0.39, 0.29) is 0 Å². The fourth-order valence-corrected chi connectivity index (χ4v) is 3.38. The van der Waals surface area contributed by atoms with Gasteiger partial charge in [-0.05, 0) is 36.2 Å². The molecular weight excluding hydrogens is 353 g/mol. The van der Waals surface area contributed by atoms with Crippen LogP contribution in [0.25, 0.3) is 0 Å². The van der Waals surface area contributed by atoms with Gasteiger partial charge in [0.1, 0.15) is 11.8 Å². The lowest BCUT2D eigenvalue weighted by Crippen LogP contribution is -2.09. The number of nitrogen functional groups attached to an aromatic ring is 1. The van der Waals surface area contributed by atoms with Crippen LogP contribution in [-0.2, 0) is 13.0 Å². The highest BCUT2D eigenvalue weighted by atomic mass is 35.5. The van der Waals surface area contributed by atoms with Crippen molar-refractivity contribution in [1.29, 1.82) is 5.26 Å². The second-order valence-electron chi connectivity index (χ2n) is 6.03. The zero-order valence-corrected chi connectivity index (χ0v) is 15.3. The van der Waals surface area contributed by atoms with Crippen molar-refractivity contribution in [1.82, 2.24) is 4.57 Å². The van der Waals surface area contributed by atoms with Crippen LogP contribution in [0.15, 0.2) is 48.5 Å². The van der Waals surface area contributed by atoms with E-state index in [2.05, 4.69) is 31.2 Å². The number of hydrogen-bond acceptors (Lipinski definition) is 2. The quantitative estimate of drug-likeness (QED) is 0.687. The van der Waals surface area contributed by atoms with E-state index in [1.54, 1.807) is 18.2 Å². The van der Waals surface area contributed by atoms with Crippen molar-refractivity contribution in [3.05, 3.63) is 86.7 Å². The summed E-state index contributed by atoms with van der Waals surface area (Å²) in [6.45, 7) is 2.53. The predicted octanol–water partition coefficient (Wildman–Crippen LogP) is 5.20. The average Bonchev–Trinajstić information content (AvgIpc) is 2.86. The first kappa shape index (κ1) is 17.4. The van der Waals surface area contributed by atoms with Crippen LogP contribution in [0.5, 0.6) is 0 Å². The lowest BCUT2D eigenvalue weighted by molar-refractivity contribution is 0.749. The van der Waals surface area contributed by atoms with E-state index < -0.39 is 0 Å². The maximum atomic E-state index is 9.48. The molecule has 0 saturated carbocycles. The number of hydrogen-bond donors (Lipinski definition) is 1. The fourth-order valence-electron chi connectivity index (χ4n) is 2.92. The summed E-state index contributed by atoms with van der Waals surface area (Å²) >= 11 is 12.3. The first-order chi connectivity index (χ1) is 12.0. The van der Waals surface area contributed by atoms with Gasteiger partial charge in [-0.15, -0.1) is 0 Å². The summed E-state index contributed by atoms with van der Waals surface area (Å²) in [6.07, 6.45) is 0.653. The SMILES string of the molecule is Cc1cccc(Cc2c(N)cc(C#N)n2Cc2ccc(Cl)cc2Cl)c1. The number of rotatable bonds is 4. The van der Waals surface area contributed by atoms with Crippen LogP contribution >= 0.6 is 23.2 Å². The number of aromatic nitrogens is 1. The smallest absolute Gasteiger partial charge is 0.122 e. The van der Waals surface area contributed by atoms with Crippen molar-refractivity contribution in [3.8, 4) is 6.07 Å². The average molecular weight is 370 g/mol. The predicted molar refractivity (Wildman–Crippen MR) is 103 cm³/mol. The fraction of sp³-hybridized carbons (Fsp3) is 0.150. The van der Waals surface area contributed by atoms with Crippen molar-refractivity contribution in [2.45, 2.75) is 19.9 Å². The summed E-state index contributed by atoms with van der Waals surface area (Å²) in [6, 6.07) is 17.6. The van der Waals surface area contributed by atoms with E-state index in [1.807, 2.05) is 16.7 Å². The van der Waals surface area contributed by atoms with Crippen molar-refractivity contribution < 1.29 is 0 Å². The van der Waals surface area contributed by atoms with Gasteiger partial charge in [0.15, 0.2) is 0 Å². The van der Waals surface area contributed by atoms with Crippen LogP contribution in [0.3, 0.4) is 0 Å². The molecule has 3 aromatic rings. The molecule has 0 bridgehead atoms. The number of nitrogens with zero attached hydrogens (tertiary/aromatic N) is 2. The molecule has 0 fully saturated rings. The van der Waals surface area contributed by atoms with E-state index >= 15 is 0 Å². The lowest BCUT2D eigenvalue weighted by Gasteiger charge is -2.13. The molecule has 25 heavy (non-hydrogen) atoms. The third-order valence-corrected chi connectivity index (χ3v) is 4.74. The van der Waals surface area contributed by atoms with E-state index in [1.165, 1.54) is 5.56 Å². The summed E-state index contributed by atoms with van der Waals surface area (Å²) < 4.78 is 1.92. The molecule has 0 saturated heterocycles. The molecule has 0 aliphatic rings. The van der Waals surface area contributed by atoms with E-state index in [9.17, 15) is 5.26 Å². The first-order valence-corrected chi connectivity index (χ1v) is 8.61. The Morgan fingerprint density at radius 2 is 1.92 bits per heavy atom. The molecule has 2 aromatic carbocycles. The summed E-state index contributed by atoms with van der Waals surface area (Å²) in [5, 5.41) is 10.6. The molecule has 0 aliphatic heterocycles. The number of nitrogens with two attached hydrogens (primary N) is 1. The Labute approximate surface area is 157 Å². The summed E-state index contributed by atoms with van der Waals surface area (Å²) in [5.41, 5.74) is 11.5. The van der Waals surface area contributed by atoms with Gasteiger partial charge in [-0.3, -0.25) is 0 Å². The minimum absolute atomic E-state index is 0.469. The molecular formula is C20H17Cl2N3. The molecule has 3 nitrogen and oxygen atoms in total. The van der Waals surface area contributed by atoms with Crippen molar-refractivity contribution in [3.63, 3.8) is 0 Å². The molecule has 0 radical (unpaired) electrons. The van der Waals surface area contributed by atoms with Gasteiger partial charge in [0.05, 0.1) is 12.2 Å². The highest BCUT2D eigenvalue weighted by Crippen LogP contribution is 2.27. The maximum absolute atomic E-state index is 9.48. The minimum atomic E-state index is 0.469. The van der Waals surface area contributed by atoms with Crippen LogP contribution in [0.1, 0.15) is 28.1 Å². The standard InChI is InChI=1S/C20H17Cl2N3/c1-13-3-2-4-14(7-13)8-20-19(24)10-17(11-23)25(20)12-15-5-6-16(21)9-18(15)22/h2-7,9-10H,8,12,24H2,1H3. The Morgan fingerprint density at radius 1 is 1.12 bits per heavy atom. The number of anilines is 1. The van der Waals surface area contributed by atoms with Gasteiger partial charge in [0.2, 0.25) is 0 Å². The minimum Gasteiger partial charge on any atom is -0.397 e. The zero-order valence-electron chi connectivity index (χ0n) is 13.8. The second-order valence-corrected chi connectivity index (χ2v) is 6.87. The summed E-state index contributed by atoms with van der Waals surface area (Å²) in [4.78, 5) is 0. The van der Waals surface area contributed by atoms with Gasteiger partial charge in [0, 0.05) is 22.2 Å². The Kier molecular flexibility index (Phi) is 5.03. The lowest BCUT2D eigenvalue weighted by atomic mass is 10.1. The zero-order chi connectivity index (χ0) is 18.0. The van der Waals surface area contributed by atoms with E-state index in [0.29, 0.717) is 34.4 Å². The normalized spacial score (nSPS) is 10.6. The van der Waals surface area contributed by atoms with Crippen LogP contribution in [0.2, 0.25) is 10.0 Å². The van der Waals surface area contributed by atoms with Crippen LogP contribution in [0, 0.1) is 18.3 Å². The summed E-state index contributed by atoms with van der Waals surface area (Å²) in [5.74, 6) is 0. The molecule has 126 valence electrons. The first-order valence-electron chi connectivity index (χ1n) is 7.85. The molecule has 2 N–H and O–H groups in total. The molecule has 0 spiro atoms.